The van der Waals surface area contributed by atoms with E-state index in [0.29, 0.717) is 56.1 Å². The molecule has 0 amide bonds. The number of ether oxygens (including phenoxy) is 1. The molecular weight excluding hydrogens is 509 g/mol. The van der Waals surface area contributed by atoms with E-state index in [2.05, 4.69) is 4.74 Å². The van der Waals surface area contributed by atoms with Crippen LogP contribution in [-0.2, 0) is 6.42 Å². The molecule has 2 fully saturated rings. The highest BCUT2D eigenvalue weighted by atomic mass is 19.3. The van der Waals surface area contributed by atoms with E-state index in [1.54, 1.807) is 6.07 Å². The monoisotopic (exact) mass is 544 g/mol. The third-order valence-corrected chi connectivity index (χ3v) is 8.46. The topological polar surface area (TPSA) is 9.23 Å². The maximum atomic E-state index is 15.3. The molecular formula is C30H35F7O. The van der Waals surface area contributed by atoms with Gasteiger partial charge in [-0.3, -0.25) is 0 Å². The van der Waals surface area contributed by atoms with Gasteiger partial charge in [0.25, 0.3) is 5.92 Å². The van der Waals surface area contributed by atoms with Crippen molar-refractivity contribution in [2.75, 3.05) is 0 Å². The lowest BCUT2D eigenvalue weighted by Crippen LogP contribution is -2.34. The van der Waals surface area contributed by atoms with E-state index in [1.807, 2.05) is 6.92 Å². The standard InChI is InChI=1S/C30H35F7O/c1-2-3-19-14-25(32)28(26(33)15-19)21-8-11-23(12-9-21)30(36,37)17-18-4-6-20(7-5-18)22-10-13-27(24(31)16-22)38-29(34)35/h10,13-16,18,20-21,23,29H,2-9,11-12,17H2,1H3. The van der Waals surface area contributed by atoms with Crippen molar-refractivity contribution in [1.29, 1.82) is 0 Å². The van der Waals surface area contributed by atoms with Gasteiger partial charge in [0.1, 0.15) is 11.6 Å². The first-order chi connectivity index (χ1) is 18.1. The lowest BCUT2D eigenvalue weighted by atomic mass is 9.72. The predicted octanol–water partition coefficient (Wildman–Crippen LogP) is 9.93. The molecule has 2 aliphatic carbocycles. The van der Waals surface area contributed by atoms with Gasteiger partial charge in [0.05, 0.1) is 0 Å². The highest BCUT2D eigenvalue weighted by Gasteiger charge is 2.44. The van der Waals surface area contributed by atoms with Crippen LogP contribution >= 0.6 is 0 Å². The summed E-state index contributed by atoms with van der Waals surface area (Å²) < 4.78 is 103. The number of alkyl halides is 4. The van der Waals surface area contributed by atoms with Crippen LogP contribution < -0.4 is 4.74 Å². The second kappa shape index (κ2) is 12.3. The zero-order valence-corrected chi connectivity index (χ0v) is 21.6. The van der Waals surface area contributed by atoms with E-state index in [9.17, 15) is 22.0 Å². The SMILES string of the molecule is CCCc1cc(F)c(C2CCC(C(F)(F)CC3CCC(c4ccc(OC(F)F)c(F)c4)CC3)CC2)c(F)c1. The van der Waals surface area contributed by atoms with E-state index in [0.717, 1.165) is 6.42 Å². The number of hydrogen-bond acceptors (Lipinski definition) is 1. The van der Waals surface area contributed by atoms with Gasteiger partial charge in [0.15, 0.2) is 11.6 Å². The van der Waals surface area contributed by atoms with Gasteiger partial charge in [0, 0.05) is 17.9 Å². The molecule has 2 aromatic carbocycles. The van der Waals surface area contributed by atoms with Gasteiger partial charge < -0.3 is 4.74 Å². The molecule has 2 saturated carbocycles. The molecule has 38 heavy (non-hydrogen) atoms. The molecule has 0 aliphatic heterocycles. The lowest BCUT2D eigenvalue weighted by Gasteiger charge is -2.37. The van der Waals surface area contributed by atoms with Gasteiger partial charge in [-0.2, -0.15) is 8.78 Å². The molecule has 0 saturated heterocycles. The molecule has 4 rings (SSSR count). The van der Waals surface area contributed by atoms with Crippen molar-refractivity contribution in [3.8, 4) is 5.75 Å². The number of aryl methyl sites for hydroxylation is 1. The van der Waals surface area contributed by atoms with Crippen molar-refractivity contribution in [2.45, 2.75) is 102 Å². The molecule has 0 bridgehead atoms. The number of benzene rings is 2. The average Bonchev–Trinajstić information content (AvgIpc) is 2.85. The van der Waals surface area contributed by atoms with Gasteiger partial charge in [-0.15, -0.1) is 0 Å². The normalized spacial score (nSPS) is 24.6. The zero-order chi connectivity index (χ0) is 27.4. The van der Waals surface area contributed by atoms with Crippen molar-refractivity contribution >= 4 is 0 Å². The Morgan fingerprint density at radius 2 is 1.42 bits per heavy atom. The molecule has 0 aromatic heterocycles. The van der Waals surface area contributed by atoms with Gasteiger partial charge >= 0.3 is 6.61 Å². The second-order valence-corrected chi connectivity index (χ2v) is 11.0. The highest BCUT2D eigenvalue weighted by Crippen LogP contribution is 2.48. The Morgan fingerprint density at radius 1 is 0.816 bits per heavy atom. The molecule has 2 aliphatic rings. The Morgan fingerprint density at radius 3 is 1.97 bits per heavy atom. The van der Waals surface area contributed by atoms with Crippen LogP contribution in [0.25, 0.3) is 0 Å². The number of hydrogen-bond donors (Lipinski definition) is 0. The van der Waals surface area contributed by atoms with E-state index in [1.165, 1.54) is 24.3 Å². The van der Waals surface area contributed by atoms with E-state index in [-0.39, 0.29) is 42.6 Å². The third-order valence-electron chi connectivity index (χ3n) is 8.46. The molecule has 0 unspecified atom stereocenters. The second-order valence-electron chi connectivity index (χ2n) is 11.0. The molecule has 0 heterocycles. The third kappa shape index (κ3) is 6.84. The van der Waals surface area contributed by atoms with Gasteiger partial charge in [-0.05, 0) is 111 Å². The Bertz CT molecular complexity index is 1050. The summed E-state index contributed by atoms with van der Waals surface area (Å²) in [5.74, 6) is -6.73. The van der Waals surface area contributed by atoms with Gasteiger partial charge in [-0.1, -0.05) is 19.4 Å². The van der Waals surface area contributed by atoms with Crippen molar-refractivity contribution < 1.29 is 35.5 Å². The fourth-order valence-electron chi connectivity index (χ4n) is 6.48. The van der Waals surface area contributed by atoms with E-state index < -0.39 is 41.7 Å². The first kappa shape index (κ1) is 28.8. The summed E-state index contributed by atoms with van der Waals surface area (Å²) in [4.78, 5) is 0. The van der Waals surface area contributed by atoms with Gasteiger partial charge in [0.2, 0.25) is 0 Å². The Kier molecular flexibility index (Phi) is 9.30. The van der Waals surface area contributed by atoms with Crippen molar-refractivity contribution in [2.24, 2.45) is 11.8 Å². The summed E-state index contributed by atoms with van der Waals surface area (Å²) in [6.45, 7) is -1.17. The summed E-state index contributed by atoms with van der Waals surface area (Å²) >= 11 is 0. The molecule has 1 nitrogen and oxygen atoms in total. The molecule has 2 aromatic rings. The quantitative estimate of drug-likeness (QED) is 0.286. The molecule has 0 N–H and O–H groups in total. The molecule has 210 valence electrons. The molecule has 0 atom stereocenters. The number of rotatable bonds is 9. The number of halogens is 7. The fraction of sp³-hybridized carbons (Fsp3) is 0.600. The van der Waals surface area contributed by atoms with Crippen LogP contribution in [0.5, 0.6) is 5.75 Å². The van der Waals surface area contributed by atoms with Crippen LogP contribution in [0, 0.1) is 29.3 Å². The fourth-order valence-corrected chi connectivity index (χ4v) is 6.48. The van der Waals surface area contributed by atoms with Crippen molar-refractivity contribution in [1.82, 2.24) is 0 Å². The summed E-state index contributed by atoms with van der Waals surface area (Å²) in [6, 6.07) is 6.68. The largest absolute Gasteiger partial charge is 0.432 e. The maximum Gasteiger partial charge on any atom is 0.387 e. The van der Waals surface area contributed by atoms with Crippen LogP contribution in [0.15, 0.2) is 30.3 Å². The smallest absolute Gasteiger partial charge is 0.387 e. The van der Waals surface area contributed by atoms with Crippen molar-refractivity contribution in [3.63, 3.8) is 0 Å². The van der Waals surface area contributed by atoms with Crippen LogP contribution in [0.3, 0.4) is 0 Å². The minimum atomic E-state index is -3.11. The summed E-state index contributed by atoms with van der Waals surface area (Å²) in [6.07, 6.45) is 4.68. The minimum absolute atomic E-state index is 0.0149. The summed E-state index contributed by atoms with van der Waals surface area (Å²) in [5.41, 5.74) is 1.31. The highest BCUT2D eigenvalue weighted by molar-refractivity contribution is 5.32. The zero-order valence-electron chi connectivity index (χ0n) is 21.6. The first-order valence-electron chi connectivity index (χ1n) is 13.7. The van der Waals surface area contributed by atoms with Crippen molar-refractivity contribution in [3.05, 3.63) is 64.5 Å². The maximum absolute atomic E-state index is 15.3. The predicted molar refractivity (Wildman–Crippen MR) is 132 cm³/mol. The Labute approximate surface area is 219 Å². The first-order valence-corrected chi connectivity index (χ1v) is 13.7. The molecule has 0 radical (unpaired) electrons. The summed E-state index contributed by atoms with van der Waals surface area (Å²) in [7, 11) is 0. The van der Waals surface area contributed by atoms with E-state index in [4.69, 9.17) is 0 Å². The Balaban J connectivity index is 1.29. The summed E-state index contributed by atoms with van der Waals surface area (Å²) in [5, 5.41) is 0. The van der Waals surface area contributed by atoms with Crippen LogP contribution in [0.1, 0.15) is 99.7 Å². The molecule has 8 heteroatoms. The van der Waals surface area contributed by atoms with Crippen LogP contribution in [0.2, 0.25) is 0 Å². The van der Waals surface area contributed by atoms with Crippen LogP contribution in [0.4, 0.5) is 30.7 Å². The molecule has 0 spiro atoms. The average molecular weight is 545 g/mol. The minimum Gasteiger partial charge on any atom is -0.432 e. The van der Waals surface area contributed by atoms with Crippen LogP contribution in [-0.4, -0.2) is 12.5 Å². The lowest BCUT2D eigenvalue weighted by molar-refractivity contribution is -0.0931. The van der Waals surface area contributed by atoms with E-state index >= 15 is 8.78 Å². The van der Waals surface area contributed by atoms with Gasteiger partial charge in [-0.25, -0.2) is 22.0 Å². The Hall–Kier alpha value is -2.25.